The lowest BCUT2D eigenvalue weighted by atomic mass is 9.74. The van der Waals surface area contributed by atoms with E-state index in [-0.39, 0.29) is 57.8 Å². The fourth-order valence-corrected chi connectivity index (χ4v) is 17.6. The third-order valence-electron chi connectivity index (χ3n) is 23.4. The Hall–Kier alpha value is -8.62. The van der Waals surface area contributed by atoms with E-state index in [9.17, 15) is 32.3 Å². The number of urea groups is 2. The molecule has 0 N–H and O–H groups in total. The van der Waals surface area contributed by atoms with E-state index in [2.05, 4.69) is 49.8 Å². The molecule has 26 heteroatoms. The second-order valence-corrected chi connectivity index (χ2v) is 29.5. The number of carbonyl (C=O) groups excluding carboxylic acids is 4. The van der Waals surface area contributed by atoms with Crippen LogP contribution in [0.5, 0.6) is 5.88 Å². The Bertz CT molecular complexity index is 3890. The number of ether oxygens (including phenoxy) is 2. The van der Waals surface area contributed by atoms with Crippen LogP contribution in [0.25, 0.3) is 0 Å². The minimum atomic E-state index is -0.246. The molecule has 101 heavy (non-hydrogen) atoms. The molecule has 23 nitrogen and oxygen atoms in total. The van der Waals surface area contributed by atoms with Gasteiger partial charge in [-0.2, -0.15) is 5.10 Å². The topological polar surface area (TPSA) is 192 Å². The summed E-state index contributed by atoms with van der Waals surface area (Å²) >= 11 is 0. The van der Waals surface area contributed by atoms with E-state index in [0.29, 0.717) is 49.4 Å². The number of aromatic nitrogens is 6. The van der Waals surface area contributed by atoms with Crippen LogP contribution >= 0.6 is 0 Å². The molecular formula is C75H98F3N17O6. The highest BCUT2D eigenvalue weighted by Crippen LogP contribution is 2.52. The number of methoxy groups -OCH3 is 1. The van der Waals surface area contributed by atoms with Crippen molar-refractivity contribution in [2.24, 2.45) is 7.05 Å². The molecule has 6 aromatic rings. The molecule has 6 saturated heterocycles. The smallest absolute Gasteiger partial charge is 0.409 e. The van der Waals surface area contributed by atoms with Gasteiger partial charge in [-0.15, -0.1) is 10.2 Å². The molecule has 0 saturated carbocycles. The highest BCUT2D eigenvalue weighted by atomic mass is 19.1. The van der Waals surface area contributed by atoms with Crippen LogP contribution in [0.4, 0.5) is 56.3 Å². The van der Waals surface area contributed by atoms with Crippen molar-refractivity contribution in [3.8, 4) is 5.88 Å². The Balaban J connectivity index is 0.000000136. The van der Waals surface area contributed by atoms with Crippen molar-refractivity contribution in [2.75, 3.05) is 160 Å². The number of nitrogens with zero attached hydrogens (tertiary/aromatic N) is 17. The summed E-state index contributed by atoms with van der Waals surface area (Å²) in [7, 11) is 10.5. The molecule has 3 spiro atoms. The Kier molecular flexibility index (Phi) is 20.9. The molecule has 0 unspecified atom stereocenters. The molecule has 540 valence electrons. The van der Waals surface area contributed by atoms with E-state index < -0.39 is 0 Å². The number of anilines is 5. The standard InChI is InChI=1S/C26H35FN6O2.C25H32FN5O3.C24H31FN6O/c1-18-15-22(28-30(18)4)24(34)32-11-7-20(8-12-32)31-13-9-26(10-14-31)17-33(25(35)29(2)3)23-6-5-19(27)16-21(23)26;1-3-34-24(32)30-12-8-19(9-13-30)29-14-10-25(11-15-29)17-31(21-5-4-18(26)16-20(21)25)22-6-7-23(33-2)28-27-22;1-28(2)23(32)31-17-24(20-15-18(25)3-4-21(20)31)7-13-29(14-8-24)19-5-11-30(12-6-19)22-16-26-9-10-27-22/h5-6,15-16,20H,7-14,17H2,1-4H3;4-7,16,19H,3,8-15,17H2,1-2H3;3-4,9-10,15-16,19H,5-8,11-14,17H2,1-2H3. The molecule has 0 aliphatic carbocycles. The first-order valence-corrected chi connectivity index (χ1v) is 36.2. The Morgan fingerprint density at radius 1 is 0.545 bits per heavy atom. The maximum atomic E-state index is 14.3. The number of rotatable bonds is 8. The van der Waals surface area contributed by atoms with Gasteiger partial charge >= 0.3 is 18.2 Å². The molecule has 0 atom stereocenters. The molecule has 6 fully saturated rings. The average molecular weight is 1390 g/mol. The van der Waals surface area contributed by atoms with Crippen molar-refractivity contribution >= 4 is 52.8 Å². The van der Waals surface area contributed by atoms with Gasteiger partial charge in [0.25, 0.3) is 5.91 Å². The Morgan fingerprint density at radius 3 is 1.42 bits per heavy atom. The second kappa shape index (κ2) is 29.8. The van der Waals surface area contributed by atoms with Gasteiger partial charge in [-0.3, -0.25) is 24.3 Å². The third kappa shape index (κ3) is 14.5. The summed E-state index contributed by atoms with van der Waals surface area (Å²) in [6.45, 7) is 16.9. The summed E-state index contributed by atoms with van der Waals surface area (Å²) in [5, 5.41) is 12.8. The first-order valence-electron chi connectivity index (χ1n) is 36.2. The molecular weight excluding hydrogens is 1290 g/mol. The van der Waals surface area contributed by atoms with E-state index >= 15 is 0 Å². The fourth-order valence-electron chi connectivity index (χ4n) is 17.6. The molecule has 12 heterocycles. The monoisotopic (exact) mass is 1390 g/mol. The van der Waals surface area contributed by atoms with Crippen molar-refractivity contribution in [1.82, 2.24) is 64.2 Å². The van der Waals surface area contributed by atoms with Gasteiger partial charge in [0.05, 0.1) is 19.9 Å². The number of piperidine rings is 6. The lowest BCUT2D eigenvalue weighted by molar-refractivity contribution is 0.0525. The van der Waals surface area contributed by atoms with Crippen LogP contribution in [-0.4, -0.2) is 247 Å². The van der Waals surface area contributed by atoms with E-state index in [1.54, 1.807) is 92.5 Å². The third-order valence-corrected chi connectivity index (χ3v) is 23.4. The van der Waals surface area contributed by atoms with Gasteiger partial charge in [-0.05, 0) is 214 Å². The van der Waals surface area contributed by atoms with E-state index in [0.717, 1.165) is 213 Å². The number of amides is 6. The van der Waals surface area contributed by atoms with Crippen LogP contribution < -0.4 is 24.3 Å². The summed E-state index contributed by atoms with van der Waals surface area (Å²) in [5.41, 5.74) is 6.80. The molecule has 9 aliphatic heterocycles. The van der Waals surface area contributed by atoms with Gasteiger partial charge in [0, 0.05) is 170 Å². The zero-order valence-electron chi connectivity index (χ0n) is 59.9. The Morgan fingerprint density at radius 2 is 1.00 bits per heavy atom. The fraction of sp³-hybridized carbons (Fsp3) is 0.560. The second-order valence-electron chi connectivity index (χ2n) is 29.5. The van der Waals surface area contributed by atoms with Crippen LogP contribution in [0.2, 0.25) is 0 Å². The highest BCUT2D eigenvalue weighted by Gasteiger charge is 2.51. The minimum absolute atomic E-state index is 0.0139. The van der Waals surface area contributed by atoms with Crippen LogP contribution in [0.1, 0.15) is 117 Å². The zero-order chi connectivity index (χ0) is 70.9. The SMILES string of the molecule is CCOC(=O)N1CCC(N2CCC3(CC2)CN(c2ccc(OC)nn2)c2ccc(F)cc23)CC1.CN(C)C(=O)N1CC2(CCN(C3CCN(c4cnccn4)CC3)CC2)c2cc(F)ccc21.Cc1cc(C(=O)N2CCC(N3CCC4(CC3)CN(C(=O)N(C)C)c3ccc(F)cc34)CC2)nn1C. The Labute approximate surface area is 591 Å². The first kappa shape index (κ1) is 70.8. The normalized spacial score (nSPS) is 20.6. The molecule has 0 radical (unpaired) electrons. The predicted molar refractivity (Wildman–Crippen MR) is 381 cm³/mol. The summed E-state index contributed by atoms with van der Waals surface area (Å²) < 4.78 is 54.8. The molecule has 15 rings (SSSR count). The van der Waals surface area contributed by atoms with Gasteiger partial charge in [-0.25, -0.2) is 32.5 Å². The van der Waals surface area contributed by atoms with Crippen LogP contribution in [0.15, 0.2) is 91.4 Å². The summed E-state index contributed by atoms with van der Waals surface area (Å²) in [4.78, 5) is 81.9. The first-order chi connectivity index (χ1) is 48.7. The highest BCUT2D eigenvalue weighted by molar-refractivity contribution is 5.96. The lowest BCUT2D eigenvalue weighted by Crippen LogP contribution is -2.52. The average Bonchev–Trinajstić information content (AvgIpc) is 1.61. The van der Waals surface area contributed by atoms with Gasteiger partial charge in [0.15, 0.2) is 11.5 Å². The van der Waals surface area contributed by atoms with Crippen LogP contribution in [-0.2, 0) is 28.0 Å². The van der Waals surface area contributed by atoms with Crippen LogP contribution in [0, 0.1) is 24.4 Å². The molecule has 6 amide bonds. The van der Waals surface area contributed by atoms with E-state index in [1.165, 1.54) is 18.2 Å². The maximum Gasteiger partial charge on any atom is 0.409 e. The number of hydrogen-bond donors (Lipinski definition) is 0. The van der Waals surface area contributed by atoms with Gasteiger partial charge in [0.2, 0.25) is 5.88 Å². The summed E-state index contributed by atoms with van der Waals surface area (Å²) in [5.74, 6) is 1.53. The molecule has 3 aromatic carbocycles. The number of aryl methyl sites for hydroxylation is 2. The predicted octanol–water partition coefficient (Wildman–Crippen LogP) is 9.86. The van der Waals surface area contributed by atoms with Crippen molar-refractivity contribution in [3.63, 3.8) is 0 Å². The quantitative estimate of drug-likeness (QED) is 0.140. The summed E-state index contributed by atoms with van der Waals surface area (Å²) in [6.07, 6.45) is 16.7. The number of hydrogen-bond acceptors (Lipinski definition) is 16. The van der Waals surface area contributed by atoms with Gasteiger partial charge in [0.1, 0.15) is 23.3 Å². The van der Waals surface area contributed by atoms with Crippen molar-refractivity contribution in [1.29, 1.82) is 0 Å². The molecule has 3 aromatic heterocycles. The van der Waals surface area contributed by atoms with Gasteiger partial charge in [-0.1, -0.05) is 0 Å². The number of fused-ring (bicyclic) bond motifs is 6. The van der Waals surface area contributed by atoms with Crippen LogP contribution in [0.3, 0.4) is 0 Å². The molecule has 9 aliphatic rings. The van der Waals surface area contributed by atoms with E-state index in [1.807, 2.05) is 71.0 Å². The van der Waals surface area contributed by atoms with Crippen molar-refractivity contribution in [3.05, 3.63) is 137 Å². The maximum absolute atomic E-state index is 14.3. The summed E-state index contributed by atoms with van der Waals surface area (Å²) in [6, 6.07) is 21.8. The van der Waals surface area contributed by atoms with Gasteiger partial charge < -0.3 is 53.6 Å². The van der Waals surface area contributed by atoms with Crippen molar-refractivity contribution < 1.29 is 41.8 Å². The van der Waals surface area contributed by atoms with E-state index in [4.69, 9.17) is 9.47 Å². The number of carbonyl (C=O) groups is 4. The number of halogens is 3. The van der Waals surface area contributed by atoms with Crippen molar-refractivity contribution in [2.45, 2.75) is 125 Å². The lowest BCUT2D eigenvalue weighted by Gasteiger charge is -2.45. The minimum Gasteiger partial charge on any atom is -0.480 e. The number of likely N-dealkylation sites (tertiary alicyclic amines) is 5. The molecule has 0 bridgehead atoms. The largest absolute Gasteiger partial charge is 0.480 e. The number of benzene rings is 3. The zero-order valence-corrected chi connectivity index (χ0v) is 59.9.